The molecule has 0 saturated heterocycles. The molecule has 2 N–H and O–H groups in total. The van der Waals surface area contributed by atoms with E-state index in [1.807, 2.05) is 20.1 Å². The van der Waals surface area contributed by atoms with Gasteiger partial charge in [0, 0.05) is 30.0 Å². The molecular weight excluding hydrogens is 290 g/mol. The third kappa shape index (κ3) is 4.93. The van der Waals surface area contributed by atoms with Crippen LogP contribution in [0.25, 0.3) is 0 Å². The van der Waals surface area contributed by atoms with Crippen LogP contribution in [0.2, 0.25) is 0 Å². The molecule has 1 unspecified atom stereocenters. The van der Waals surface area contributed by atoms with Gasteiger partial charge in [0.15, 0.2) is 0 Å². The number of nitro benzene ring substituents is 1. The van der Waals surface area contributed by atoms with Crippen molar-refractivity contribution >= 4 is 29.0 Å². The summed E-state index contributed by atoms with van der Waals surface area (Å²) in [6.45, 7) is 4.44. The smallest absolute Gasteiger partial charge is 0.293 e. The lowest BCUT2D eigenvalue weighted by Crippen LogP contribution is -2.36. The number of nitrogens with zero attached hydrogens (tertiary/aromatic N) is 1. The van der Waals surface area contributed by atoms with Gasteiger partial charge in [-0.05, 0) is 31.7 Å². The molecule has 1 aromatic carbocycles. The summed E-state index contributed by atoms with van der Waals surface area (Å²) in [5.74, 6) is 0.543. The highest BCUT2D eigenvalue weighted by Crippen LogP contribution is 2.25. The van der Waals surface area contributed by atoms with Gasteiger partial charge in [0.2, 0.25) is 0 Å². The van der Waals surface area contributed by atoms with E-state index in [0.717, 1.165) is 12.2 Å². The maximum Gasteiger partial charge on any atom is 0.293 e. The number of hydrogen-bond acceptors (Lipinski definition) is 5. The van der Waals surface area contributed by atoms with Crippen molar-refractivity contribution in [3.05, 3.63) is 33.9 Å². The number of thioether (sulfide) groups is 1. The first kappa shape index (κ1) is 17.3. The minimum atomic E-state index is -0.478. The van der Waals surface area contributed by atoms with Crippen molar-refractivity contribution in [1.29, 1.82) is 0 Å². The third-order valence-corrected chi connectivity index (χ3v) is 3.76. The zero-order chi connectivity index (χ0) is 15.8. The number of rotatable bonds is 8. The molecule has 1 amide bonds. The summed E-state index contributed by atoms with van der Waals surface area (Å²) in [5.41, 5.74) is 0.653. The van der Waals surface area contributed by atoms with E-state index in [1.54, 1.807) is 23.9 Å². The van der Waals surface area contributed by atoms with E-state index in [1.165, 1.54) is 6.07 Å². The van der Waals surface area contributed by atoms with Gasteiger partial charge in [0.25, 0.3) is 11.6 Å². The Balaban J connectivity index is 2.95. The fourth-order valence-electron chi connectivity index (χ4n) is 1.90. The van der Waals surface area contributed by atoms with E-state index in [2.05, 4.69) is 10.6 Å². The molecule has 0 spiro atoms. The van der Waals surface area contributed by atoms with Crippen molar-refractivity contribution in [2.24, 2.45) is 0 Å². The molecule has 0 bridgehead atoms. The zero-order valence-electron chi connectivity index (χ0n) is 12.5. The Labute approximate surface area is 128 Å². The Morgan fingerprint density at radius 3 is 2.67 bits per heavy atom. The standard InChI is InChI=1S/C14H21N3O3S/c1-4-11(9-21-3)16-14(18)10-6-7-12(15-5-2)13(8-10)17(19)20/h6-8,11,15H,4-5,9H2,1-3H3,(H,16,18). The van der Waals surface area contributed by atoms with E-state index in [9.17, 15) is 14.9 Å². The molecule has 6 nitrogen and oxygen atoms in total. The Morgan fingerprint density at radius 1 is 1.43 bits per heavy atom. The fourth-order valence-corrected chi connectivity index (χ4v) is 2.62. The van der Waals surface area contributed by atoms with Crippen LogP contribution >= 0.6 is 11.8 Å². The number of hydrogen-bond donors (Lipinski definition) is 2. The number of carbonyl (C=O) groups excluding carboxylic acids is 1. The van der Waals surface area contributed by atoms with Gasteiger partial charge in [-0.1, -0.05) is 6.92 Å². The van der Waals surface area contributed by atoms with Crippen molar-refractivity contribution < 1.29 is 9.72 Å². The van der Waals surface area contributed by atoms with Crippen LogP contribution in [0.3, 0.4) is 0 Å². The SMILES string of the molecule is CCNc1ccc(C(=O)NC(CC)CSC)cc1[N+](=O)[O-]. The second-order valence-electron chi connectivity index (χ2n) is 4.55. The van der Waals surface area contributed by atoms with Crippen LogP contribution in [0.4, 0.5) is 11.4 Å². The van der Waals surface area contributed by atoms with Gasteiger partial charge in [-0.25, -0.2) is 0 Å². The summed E-state index contributed by atoms with van der Waals surface area (Å²) in [6, 6.07) is 4.57. The molecule has 7 heteroatoms. The number of benzene rings is 1. The topological polar surface area (TPSA) is 84.3 Å². The first-order valence-corrected chi connectivity index (χ1v) is 8.24. The van der Waals surface area contributed by atoms with Crippen molar-refractivity contribution in [2.75, 3.05) is 23.9 Å². The summed E-state index contributed by atoms with van der Waals surface area (Å²) in [5, 5.41) is 16.9. The molecule has 0 radical (unpaired) electrons. The highest BCUT2D eigenvalue weighted by molar-refractivity contribution is 7.98. The summed E-state index contributed by atoms with van der Waals surface area (Å²) < 4.78 is 0. The molecule has 1 rings (SSSR count). The summed E-state index contributed by atoms with van der Waals surface area (Å²) >= 11 is 1.66. The van der Waals surface area contributed by atoms with Gasteiger partial charge in [0.05, 0.1) is 4.92 Å². The predicted octanol–water partition coefficient (Wildman–Crippen LogP) is 2.90. The normalized spacial score (nSPS) is 11.8. The van der Waals surface area contributed by atoms with Crippen LogP contribution < -0.4 is 10.6 Å². The van der Waals surface area contributed by atoms with Crippen LogP contribution in [-0.2, 0) is 0 Å². The molecule has 1 aromatic rings. The highest BCUT2D eigenvalue weighted by atomic mass is 32.2. The van der Waals surface area contributed by atoms with Crippen LogP contribution in [0.1, 0.15) is 30.6 Å². The van der Waals surface area contributed by atoms with Crippen molar-refractivity contribution in [1.82, 2.24) is 5.32 Å². The van der Waals surface area contributed by atoms with Crippen molar-refractivity contribution in [3.8, 4) is 0 Å². The predicted molar refractivity (Wildman–Crippen MR) is 87.2 cm³/mol. The Morgan fingerprint density at radius 2 is 2.14 bits per heavy atom. The van der Waals surface area contributed by atoms with Crippen molar-refractivity contribution in [3.63, 3.8) is 0 Å². The van der Waals surface area contributed by atoms with E-state index in [4.69, 9.17) is 0 Å². The minimum Gasteiger partial charge on any atom is -0.380 e. The van der Waals surface area contributed by atoms with Crippen LogP contribution in [0, 0.1) is 10.1 Å². The van der Waals surface area contributed by atoms with Crippen molar-refractivity contribution in [2.45, 2.75) is 26.3 Å². The largest absolute Gasteiger partial charge is 0.380 e. The number of nitro groups is 1. The van der Waals surface area contributed by atoms with E-state index in [0.29, 0.717) is 17.8 Å². The van der Waals surface area contributed by atoms with Crippen LogP contribution in [0.15, 0.2) is 18.2 Å². The summed E-state index contributed by atoms with van der Waals surface area (Å²) in [4.78, 5) is 22.8. The molecule has 0 aromatic heterocycles. The molecule has 0 aliphatic rings. The van der Waals surface area contributed by atoms with Crippen LogP contribution in [0.5, 0.6) is 0 Å². The Bertz CT molecular complexity index is 508. The van der Waals surface area contributed by atoms with E-state index < -0.39 is 4.92 Å². The lowest BCUT2D eigenvalue weighted by atomic mass is 10.1. The molecule has 0 heterocycles. The van der Waals surface area contributed by atoms with E-state index >= 15 is 0 Å². The molecule has 0 aliphatic carbocycles. The van der Waals surface area contributed by atoms with Gasteiger partial charge >= 0.3 is 0 Å². The zero-order valence-corrected chi connectivity index (χ0v) is 13.3. The minimum absolute atomic E-state index is 0.0694. The monoisotopic (exact) mass is 311 g/mol. The average Bonchev–Trinajstić information content (AvgIpc) is 2.47. The van der Waals surface area contributed by atoms with Gasteiger partial charge in [-0.3, -0.25) is 14.9 Å². The first-order valence-electron chi connectivity index (χ1n) is 6.85. The quantitative estimate of drug-likeness (QED) is 0.569. The summed E-state index contributed by atoms with van der Waals surface area (Å²) in [7, 11) is 0. The lowest BCUT2D eigenvalue weighted by Gasteiger charge is -2.16. The van der Waals surface area contributed by atoms with Gasteiger partial charge in [-0.15, -0.1) is 0 Å². The van der Waals surface area contributed by atoms with Gasteiger partial charge in [0.1, 0.15) is 5.69 Å². The number of amides is 1. The third-order valence-electron chi connectivity index (χ3n) is 3.02. The second-order valence-corrected chi connectivity index (χ2v) is 5.46. The molecule has 1 atom stereocenters. The molecule has 0 saturated carbocycles. The first-order chi connectivity index (χ1) is 10.0. The number of carbonyl (C=O) groups is 1. The Kier molecular flexibility index (Phi) is 7.01. The molecule has 0 fully saturated rings. The van der Waals surface area contributed by atoms with Gasteiger partial charge < -0.3 is 10.6 Å². The fraction of sp³-hybridized carbons (Fsp3) is 0.500. The molecule has 116 valence electrons. The van der Waals surface area contributed by atoms with Crippen LogP contribution in [-0.4, -0.2) is 35.4 Å². The highest BCUT2D eigenvalue weighted by Gasteiger charge is 2.18. The average molecular weight is 311 g/mol. The lowest BCUT2D eigenvalue weighted by molar-refractivity contribution is -0.384. The number of anilines is 1. The molecule has 0 aliphatic heterocycles. The molecule has 21 heavy (non-hydrogen) atoms. The van der Waals surface area contributed by atoms with Gasteiger partial charge in [-0.2, -0.15) is 11.8 Å². The second kappa shape index (κ2) is 8.51. The maximum absolute atomic E-state index is 12.2. The summed E-state index contributed by atoms with van der Waals surface area (Å²) in [6.07, 6.45) is 2.80. The number of nitrogens with one attached hydrogen (secondary N) is 2. The Hall–Kier alpha value is -1.76. The van der Waals surface area contributed by atoms with E-state index in [-0.39, 0.29) is 17.6 Å². The molecular formula is C14H21N3O3S. The maximum atomic E-state index is 12.2.